The zero-order chi connectivity index (χ0) is 31.3. The molecule has 1 aromatic rings. The Morgan fingerprint density at radius 2 is 1.15 bits per heavy atom. The van der Waals surface area contributed by atoms with Gasteiger partial charge in [0.05, 0.1) is 5.41 Å². The fraction of sp³-hybridized carbons (Fsp3) is 0.400. The summed E-state index contributed by atoms with van der Waals surface area (Å²) in [5.74, 6) is 2.70. The maximum Gasteiger partial charge on any atom is 0.0710 e. The lowest BCUT2D eigenvalue weighted by Crippen LogP contribution is -2.30. The van der Waals surface area contributed by atoms with Crippen molar-refractivity contribution >= 4 is 0 Å². The largest absolute Gasteiger partial charge is 0.120 e. The van der Waals surface area contributed by atoms with Gasteiger partial charge in [-0.1, -0.05) is 175 Å². The molecular weight excluding hydrogens is 480 g/mol. The van der Waals surface area contributed by atoms with E-state index in [-0.39, 0.29) is 7.43 Å². The molecule has 1 aliphatic rings. The summed E-state index contributed by atoms with van der Waals surface area (Å²) in [6.07, 6.45) is 25.0. The van der Waals surface area contributed by atoms with E-state index in [9.17, 15) is 0 Å². The smallest absolute Gasteiger partial charge is 0.0710 e. The van der Waals surface area contributed by atoms with E-state index in [1.54, 1.807) is 0 Å². The van der Waals surface area contributed by atoms with Crippen molar-refractivity contribution in [3.05, 3.63) is 132 Å². The van der Waals surface area contributed by atoms with E-state index < -0.39 is 5.41 Å². The highest BCUT2D eigenvalue weighted by molar-refractivity contribution is 5.77. The fourth-order valence-corrected chi connectivity index (χ4v) is 4.21. The van der Waals surface area contributed by atoms with Gasteiger partial charge in [-0.3, -0.25) is 0 Å². The highest BCUT2D eigenvalue weighted by Gasteiger charge is 2.46. The maximum absolute atomic E-state index is 5.50. The van der Waals surface area contributed by atoms with Crippen molar-refractivity contribution < 1.29 is 0 Å². The van der Waals surface area contributed by atoms with Crippen LogP contribution >= 0.6 is 0 Å². The Morgan fingerprint density at radius 1 is 0.750 bits per heavy atom. The van der Waals surface area contributed by atoms with Crippen LogP contribution < -0.4 is 0 Å². The molecule has 0 saturated heterocycles. The minimum absolute atomic E-state index is 0. The summed E-state index contributed by atoms with van der Waals surface area (Å²) in [5.41, 5.74) is 6.53. The highest BCUT2D eigenvalue weighted by atomic mass is 14.5. The lowest BCUT2D eigenvalue weighted by atomic mass is 9.65. The molecule has 0 N–H and O–H groups in total. The predicted molar refractivity (Wildman–Crippen MR) is 192 cm³/mol. The second kappa shape index (κ2) is 31.9. The van der Waals surface area contributed by atoms with Crippen LogP contribution in [0.3, 0.4) is 0 Å². The van der Waals surface area contributed by atoms with Gasteiger partial charge in [0, 0.05) is 6.42 Å². The van der Waals surface area contributed by atoms with Crippen LogP contribution in [0.2, 0.25) is 0 Å². The number of allylic oxidation sites excluding steroid dienone is 14. The van der Waals surface area contributed by atoms with Crippen LogP contribution in [0.5, 0.6) is 0 Å². The van der Waals surface area contributed by atoms with Gasteiger partial charge in [-0.05, 0) is 54.2 Å². The summed E-state index contributed by atoms with van der Waals surface area (Å²) >= 11 is 0. The van der Waals surface area contributed by atoms with E-state index in [1.807, 2.05) is 95.2 Å². The standard InChI is InChI=1S/C29H30.5C2H6.CH4/c1-7-13-15-20-23(10-4)29(24-21-16-14-17-22-24)27(18-8-2)25(11-5)26(12-6)28(29)19-9-3;5*1-2;/h1,8-12,14-22H,5-6,13H2,2-4H3;5*1-2H3;1H4/b18-8-,19-9-,20-15-,23-10+;;;;;;. The summed E-state index contributed by atoms with van der Waals surface area (Å²) in [7, 11) is 0. The Bertz CT molecular complexity index is 936. The lowest BCUT2D eigenvalue weighted by molar-refractivity contribution is 0.750. The SMILES string of the molecule is C.C#CC/C=C\C(=C/C)C1(c2ccccc2)C(/C=C\C)=C(C=C)C(C=C)=C1/C=C\C.CC.CC.CC.CC.CC. The molecule has 0 amide bonds. The third-order valence-corrected chi connectivity index (χ3v) is 5.24. The number of benzene rings is 1. The van der Waals surface area contributed by atoms with E-state index in [2.05, 4.69) is 98.9 Å². The number of hydrogen-bond acceptors (Lipinski definition) is 0. The number of terminal acetylenes is 1. The molecule has 0 saturated carbocycles. The number of rotatable bonds is 8. The third kappa shape index (κ3) is 11.8. The first-order valence-corrected chi connectivity index (χ1v) is 15.0. The molecule has 0 unspecified atom stereocenters. The minimum atomic E-state index is -0.465. The Hall–Kier alpha value is -3.30. The van der Waals surface area contributed by atoms with Gasteiger partial charge in [0.15, 0.2) is 0 Å². The summed E-state index contributed by atoms with van der Waals surface area (Å²) in [6.45, 7) is 34.4. The molecule has 1 aromatic carbocycles. The summed E-state index contributed by atoms with van der Waals surface area (Å²) in [5, 5.41) is 0. The van der Waals surface area contributed by atoms with E-state index in [1.165, 1.54) is 22.3 Å². The first-order valence-electron chi connectivity index (χ1n) is 15.0. The molecule has 0 fully saturated rings. The maximum atomic E-state index is 5.50. The van der Waals surface area contributed by atoms with Gasteiger partial charge in [-0.15, -0.1) is 12.3 Å². The Kier molecular flexibility index (Phi) is 37.1. The van der Waals surface area contributed by atoms with Crippen LogP contribution in [0.25, 0.3) is 0 Å². The van der Waals surface area contributed by atoms with Gasteiger partial charge < -0.3 is 0 Å². The molecule has 2 rings (SSSR count). The summed E-state index contributed by atoms with van der Waals surface area (Å²) in [6, 6.07) is 10.6. The van der Waals surface area contributed by atoms with Crippen LogP contribution in [-0.2, 0) is 5.41 Å². The molecule has 0 radical (unpaired) electrons. The molecule has 0 aliphatic heterocycles. The van der Waals surface area contributed by atoms with E-state index >= 15 is 0 Å². The van der Waals surface area contributed by atoms with Gasteiger partial charge >= 0.3 is 0 Å². The Balaban J connectivity index is -0.000000334. The molecule has 0 heteroatoms. The number of hydrogen-bond donors (Lipinski definition) is 0. The van der Waals surface area contributed by atoms with Crippen LogP contribution in [0, 0.1) is 12.3 Å². The molecule has 0 bridgehead atoms. The third-order valence-electron chi connectivity index (χ3n) is 5.24. The second-order valence-corrected chi connectivity index (χ2v) is 6.73. The Labute approximate surface area is 252 Å². The van der Waals surface area contributed by atoms with Crippen LogP contribution in [-0.4, -0.2) is 0 Å². The van der Waals surface area contributed by atoms with Crippen molar-refractivity contribution in [2.24, 2.45) is 0 Å². The van der Waals surface area contributed by atoms with E-state index in [4.69, 9.17) is 6.42 Å². The van der Waals surface area contributed by atoms with Crippen molar-refractivity contribution in [2.75, 3.05) is 0 Å². The first kappa shape index (κ1) is 46.5. The van der Waals surface area contributed by atoms with Gasteiger partial charge in [-0.25, -0.2) is 0 Å². The highest BCUT2D eigenvalue weighted by Crippen LogP contribution is 2.55. The van der Waals surface area contributed by atoms with Gasteiger partial charge in [-0.2, -0.15) is 0 Å². The monoisotopic (exact) mass is 545 g/mol. The van der Waals surface area contributed by atoms with Crippen molar-refractivity contribution in [3.8, 4) is 12.3 Å². The average molecular weight is 545 g/mol. The van der Waals surface area contributed by atoms with E-state index in [0.29, 0.717) is 6.42 Å². The summed E-state index contributed by atoms with van der Waals surface area (Å²) in [4.78, 5) is 0. The topological polar surface area (TPSA) is 0 Å². The van der Waals surface area contributed by atoms with Crippen molar-refractivity contribution in [1.29, 1.82) is 0 Å². The zero-order valence-corrected chi connectivity index (χ0v) is 27.8. The molecular formula is C40H64. The normalized spacial score (nSPS) is 13.1. The molecule has 0 atom stereocenters. The molecule has 1 aliphatic carbocycles. The molecule has 224 valence electrons. The Morgan fingerprint density at radius 3 is 1.45 bits per heavy atom. The van der Waals surface area contributed by atoms with Crippen molar-refractivity contribution in [2.45, 2.75) is 109 Å². The van der Waals surface area contributed by atoms with Crippen molar-refractivity contribution in [1.82, 2.24) is 0 Å². The summed E-state index contributed by atoms with van der Waals surface area (Å²) < 4.78 is 0. The predicted octanol–water partition coefficient (Wildman–Crippen LogP) is 13.3. The molecule has 0 nitrogen and oxygen atoms in total. The van der Waals surface area contributed by atoms with Crippen LogP contribution in [0.15, 0.2) is 126 Å². The van der Waals surface area contributed by atoms with Crippen LogP contribution in [0.1, 0.15) is 109 Å². The second-order valence-electron chi connectivity index (χ2n) is 6.73. The molecule has 0 spiro atoms. The molecule has 0 aromatic heterocycles. The molecule has 40 heavy (non-hydrogen) atoms. The van der Waals surface area contributed by atoms with Gasteiger partial charge in [0.1, 0.15) is 0 Å². The fourth-order valence-electron chi connectivity index (χ4n) is 4.21. The molecule has 0 heterocycles. The van der Waals surface area contributed by atoms with E-state index in [0.717, 1.165) is 11.1 Å². The van der Waals surface area contributed by atoms with Gasteiger partial charge in [0.25, 0.3) is 0 Å². The van der Waals surface area contributed by atoms with Gasteiger partial charge in [0.2, 0.25) is 0 Å². The lowest BCUT2D eigenvalue weighted by Gasteiger charge is -2.36. The quantitative estimate of drug-likeness (QED) is 0.225. The minimum Gasteiger partial charge on any atom is -0.120 e. The average Bonchev–Trinajstić information content (AvgIpc) is 3.30. The first-order chi connectivity index (χ1) is 19.2. The van der Waals surface area contributed by atoms with Crippen LogP contribution in [0.4, 0.5) is 0 Å². The zero-order valence-electron chi connectivity index (χ0n) is 27.8. The van der Waals surface area contributed by atoms with Crippen molar-refractivity contribution in [3.63, 3.8) is 0 Å².